The number of carbonyl (C=O) groups excluding carboxylic acids is 1. The van der Waals surface area contributed by atoms with Gasteiger partial charge in [-0.15, -0.1) is 0 Å². The van der Waals surface area contributed by atoms with Crippen molar-refractivity contribution in [2.75, 3.05) is 60.5 Å². The number of carbonyl (C=O) groups is 2. The normalized spacial score (nSPS) is 11.5. The molecular formula is C14H24O8. The number of hydrogen-bond donors (Lipinski definition) is 1. The summed E-state index contributed by atoms with van der Waals surface area (Å²) in [4.78, 5) is 22.5. The molecule has 22 heavy (non-hydrogen) atoms. The fraction of sp³-hybridized carbons (Fsp3) is 0.714. The molecule has 0 heterocycles. The Kier molecular flexibility index (Phi) is 13.5. The van der Waals surface area contributed by atoms with Crippen LogP contribution in [0.25, 0.3) is 0 Å². The van der Waals surface area contributed by atoms with Crippen molar-refractivity contribution in [3.63, 3.8) is 0 Å². The summed E-state index contributed by atoms with van der Waals surface area (Å²) in [6, 6.07) is 0. The van der Waals surface area contributed by atoms with Crippen LogP contribution in [-0.2, 0) is 33.3 Å². The molecule has 0 amide bonds. The number of esters is 1. The highest BCUT2D eigenvalue weighted by Gasteiger charge is 2.13. The minimum atomic E-state index is -1.21. The van der Waals surface area contributed by atoms with Gasteiger partial charge in [0.2, 0.25) is 0 Å². The van der Waals surface area contributed by atoms with Crippen LogP contribution in [0, 0.1) is 0 Å². The van der Waals surface area contributed by atoms with Gasteiger partial charge in [-0.25, -0.2) is 9.59 Å². The van der Waals surface area contributed by atoms with E-state index < -0.39 is 11.9 Å². The van der Waals surface area contributed by atoms with E-state index in [1.54, 1.807) is 14.2 Å². The zero-order valence-electron chi connectivity index (χ0n) is 13.0. The highest BCUT2D eigenvalue weighted by Crippen LogP contribution is 2.05. The van der Waals surface area contributed by atoms with Crippen LogP contribution in [0.5, 0.6) is 0 Å². The average molecular weight is 320 g/mol. The maximum absolute atomic E-state index is 11.8. The summed E-state index contributed by atoms with van der Waals surface area (Å²) >= 11 is 0. The first-order valence-corrected chi connectivity index (χ1v) is 6.85. The Morgan fingerprint density at radius 2 is 1.41 bits per heavy atom. The van der Waals surface area contributed by atoms with Gasteiger partial charge in [-0.2, -0.15) is 0 Å². The molecule has 0 saturated carbocycles. The Morgan fingerprint density at radius 3 is 1.95 bits per heavy atom. The third kappa shape index (κ3) is 12.3. The van der Waals surface area contributed by atoms with E-state index >= 15 is 0 Å². The van der Waals surface area contributed by atoms with Crippen molar-refractivity contribution in [1.29, 1.82) is 0 Å². The van der Waals surface area contributed by atoms with Crippen molar-refractivity contribution < 1.29 is 38.4 Å². The van der Waals surface area contributed by atoms with E-state index in [4.69, 9.17) is 28.8 Å². The molecule has 0 fully saturated rings. The Balaban J connectivity index is 4.04. The molecule has 0 bridgehead atoms. The molecule has 0 aliphatic heterocycles. The van der Waals surface area contributed by atoms with E-state index in [0.717, 1.165) is 6.08 Å². The zero-order chi connectivity index (χ0) is 16.6. The topological polar surface area (TPSA) is 101 Å². The first kappa shape index (κ1) is 20.5. The van der Waals surface area contributed by atoms with Crippen LogP contribution in [0.4, 0.5) is 0 Å². The van der Waals surface area contributed by atoms with Crippen molar-refractivity contribution >= 4 is 11.9 Å². The van der Waals surface area contributed by atoms with Gasteiger partial charge in [0.05, 0.1) is 39.6 Å². The maximum atomic E-state index is 11.8. The standard InChI is InChI=1S/C14H24O8/c1-18-5-7-20-4-3-12(11-13(15)16)14(17)22-10-9-21-8-6-19-2/h11H,3-10H2,1-2H3,(H,15,16)/b12-11-. The lowest BCUT2D eigenvalue weighted by Gasteiger charge is -2.09. The van der Waals surface area contributed by atoms with Crippen molar-refractivity contribution in [1.82, 2.24) is 0 Å². The molecule has 0 rings (SSSR count). The van der Waals surface area contributed by atoms with Gasteiger partial charge in [0.15, 0.2) is 0 Å². The highest BCUT2D eigenvalue weighted by molar-refractivity contribution is 5.95. The molecule has 0 aromatic carbocycles. The third-order valence-corrected chi connectivity index (χ3v) is 2.40. The second-order valence-corrected chi connectivity index (χ2v) is 4.10. The summed E-state index contributed by atoms with van der Waals surface area (Å²) in [5, 5.41) is 8.76. The van der Waals surface area contributed by atoms with E-state index in [2.05, 4.69) is 0 Å². The van der Waals surface area contributed by atoms with Crippen LogP contribution in [-0.4, -0.2) is 77.5 Å². The summed E-state index contributed by atoms with van der Waals surface area (Å²) in [5.41, 5.74) is 0.0433. The minimum Gasteiger partial charge on any atom is -0.478 e. The van der Waals surface area contributed by atoms with Gasteiger partial charge in [-0.1, -0.05) is 0 Å². The van der Waals surface area contributed by atoms with Crippen LogP contribution >= 0.6 is 0 Å². The van der Waals surface area contributed by atoms with E-state index in [1.807, 2.05) is 0 Å². The zero-order valence-corrected chi connectivity index (χ0v) is 13.0. The number of carboxylic acids is 1. The average Bonchev–Trinajstić information content (AvgIpc) is 2.48. The summed E-state index contributed by atoms with van der Waals surface area (Å²) in [6.45, 7) is 2.14. The lowest BCUT2D eigenvalue weighted by atomic mass is 10.2. The largest absolute Gasteiger partial charge is 0.478 e. The number of methoxy groups -OCH3 is 2. The number of carboxylic acid groups (broad SMARTS) is 1. The number of ether oxygens (including phenoxy) is 5. The van der Waals surface area contributed by atoms with Gasteiger partial charge < -0.3 is 28.8 Å². The number of hydrogen-bond acceptors (Lipinski definition) is 7. The molecule has 0 atom stereocenters. The summed E-state index contributed by atoms with van der Waals surface area (Å²) in [6.07, 6.45) is 0.979. The lowest BCUT2D eigenvalue weighted by Crippen LogP contribution is -2.16. The fourth-order valence-corrected chi connectivity index (χ4v) is 1.34. The van der Waals surface area contributed by atoms with Gasteiger partial charge in [0, 0.05) is 32.3 Å². The van der Waals surface area contributed by atoms with Crippen LogP contribution in [0.1, 0.15) is 6.42 Å². The van der Waals surface area contributed by atoms with E-state index in [-0.39, 0.29) is 31.8 Å². The molecule has 8 heteroatoms. The summed E-state index contributed by atoms with van der Waals surface area (Å²) < 4.78 is 24.9. The Bertz CT molecular complexity index is 340. The predicted molar refractivity (Wildman–Crippen MR) is 76.7 cm³/mol. The molecular weight excluding hydrogens is 296 g/mol. The quantitative estimate of drug-likeness (QED) is 0.276. The monoisotopic (exact) mass is 320 g/mol. The van der Waals surface area contributed by atoms with E-state index in [0.29, 0.717) is 26.4 Å². The minimum absolute atomic E-state index is 0.0433. The van der Waals surface area contributed by atoms with Crippen molar-refractivity contribution in [2.45, 2.75) is 6.42 Å². The van der Waals surface area contributed by atoms with Gasteiger partial charge in [-0.05, 0) is 0 Å². The van der Waals surface area contributed by atoms with Crippen molar-refractivity contribution in [3.05, 3.63) is 11.6 Å². The molecule has 0 radical (unpaired) electrons. The molecule has 8 nitrogen and oxygen atoms in total. The second kappa shape index (κ2) is 14.5. The van der Waals surface area contributed by atoms with E-state index in [9.17, 15) is 9.59 Å². The first-order valence-electron chi connectivity index (χ1n) is 6.85. The van der Waals surface area contributed by atoms with Gasteiger partial charge in [0.25, 0.3) is 0 Å². The molecule has 0 unspecified atom stereocenters. The predicted octanol–water partition coefficient (Wildman–Crippen LogP) is 0.257. The van der Waals surface area contributed by atoms with Crippen molar-refractivity contribution in [2.24, 2.45) is 0 Å². The number of aliphatic carboxylic acids is 1. The third-order valence-electron chi connectivity index (χ3n) is 2.40. The molecule has 0 saturated heterocycles. The second-order valence-electron chi connectivity index (χ2n) is 4.10. The fourth-order valence-electron chi connectivity index (χ4n) is 1.34. The molecule has 0 aliphatic carbocycles. The van der Waals surface area contributed by atoms with Crippen LogP contribution in [0.15, 0.2) is 11.6 Å². The summed E-state index contributed by atoms with van der Waals surface area (Å²) in [7, 11) is 3.10. The van der Waals surface area contributed by atoms with Crippen LogP contribution in [0.2, 0.25) is 0 Å². The Morgan fingerprint density at radius 1 is 0.864 bits per heavy atom. The number of rotatable bonds is 14. The smallest absolute Gasteiger partial charge is 0.334 e. The van der Waals surface area contributed by atoms with Crippen LogP contribution in [0.3, 0.4) is 0 Å². The van der Waals surface area contributed by atoms with Gasteiger partial charge >= 0.3 is 11.9 Å². The molecule has 0 spiro atoms. The molecule has 128 valence electrons. The van der Waals surface area contributed by atoms with E-state index in [1.165, 1.54) is 0 Å². The molecule has 0 aromatic heterocycles. The molecule has 0 aliphatic rings. The summed E-state index contributed by atoms with van der Waals surface area (Å²) in [5.74, 6) is -1.90. The van der Waals surface area contributed by atoms with Gasteiger partial charge in [0.1, 0.15) is 6.61 Å². The van der Waals surface area contributed by atoms with Gasteiger partial charge in [-0.3, -0.25) is 0 Å². The van der Waals surface area contributed by atoms with Crippen LogP contribution < -0.4 is 0 Å². The lowest BCUT2D eigenvalue weighted by molar-refractivity contribution is -0.141. The molecule has 1 N–H and O–H groups in total. The first-order chi connectivity index (χ1) is 10.6. The van der Waals surface area contributed by atoms with Crippen molar-refractivity contribution in [3.8, 4) is 0 Å². The SMILES string of the molecule is COCCOCCOC(=O)/C(=C\C(=O)O)CCOCCOC. The highest BCUT2D eigenvalue weighted by atomic mass is 16.6. The maximum Gasteiger partial charge on any atom is 0.334 e. The Hall–Kier alpha value is -1.48. The molecule has 0 aromatic rings. The Labute approximate surface area is 129 Å².